The molecule has 1 saturated heterocycles. The number of halogens is 1. The summed E-state index contributed by atoms with van der Waals surface area (Å²) in [5.74, 6) is 0.946. The molecule has 1 amide bonds. The van der Waals surface area contributed by atoms with Gasteiger partial charge in [-0.1, -0.05) is 22.0 Å². The maximum Gasteiger partial charge on any atom is 0.254 e. The fourth-order valence-electron chi connectivity index (χ4n) is 2.40. The van der Waals surface area contributed by atoms with Crippen molar-refractivity contribution in [2.24, 2.45) is 0 Å². The van der Waals surface area contributed by atoms with Crippen LogP contribution in [0.25, 0.3) is 0 Å². The minimum absolute atomic E-state index is 0.0788. The van der Waals surface area contributed by atoms with E-state index in [2.05, 4.69) is 30.8 Å². The molecule has 0 unspecified atom stereocenters. The first-order chi connectivity index (χ1) is 10.2. The number of hydrogen-bond donors (Lipinski definition) is 0. The van der Waals surface area contributed by atoms with Crippen LogP contribution in [-0.4, -0.2) is 47.0 Å². The van der Waals surface area contributed by atoms with Gasteiger partial charge in [0.25, 0.3) is 5.91 Å². The number of carbonyl (C=O) groups excluding carboxylic acids is 1. The summed E-state index contributed by atoms with van der Waals surface area (Å²) in [6.45, 7) is 2.95. The number of hydrogen-bond acceptors (Lipinski definition) is 4. The standard InChI is InChI=1S/C15H15BrN4O/c16-13-3-1-2-12(10-13)15(21)20-8-6-19(7-9-20)14-11-17-4-5-18-14/h1-5,10-11H,6-9H2. The molecule has 1 aromatic heterocycles. The molecule has 108 valence electrons. The van der Waals surface area contributed by atoms with Gasteiger partial charge in [-0.25, -0.2) is 4.98 Å². The minimum atomic E-state index is 0.0788. The first kappa shape index (κ1) is 14.0. The van der Waals surface area contributed by atoms with E-state index in [0.29, 0.717) is 13.1 Å². The van der Waals surface area contributed by atoms with Gasteiger partial charge in [-0.05, 0) is 18.2 Å². The van der Waals surface area contributed by atoms with Crippen molar-refractivity contribution in [1.82, 2.24) is 14.9 Å². The lowest BCUT2D eigenvalue weighted by molar-refractivity contribution is 0.0746. The highest BCUT2D eigenvalue weighted by atomic mass is 79.9. The highest BCUT2D eigenvalue weighted by molar-refractivity contribution is 9.10. The third kappa shape index (κ3) is 3.21. The number of aromatic nitrogens is 2. The normalized spacial score (nSPS) is 15.1. The van der Waals surface area contributed by atoms with E-state index in [-0.39, 0.29) is 5.91 Å². The zero-order valence-electron chi connectivity index (χ0n) is 11.4. The number of anilines is 1. The molecule has 1 aromatic carbocycles. The first-order valence-corrected chi connectivity index (χ1v) is 7.59. The molecule has 1 aliphatic heterocycles. The van der Waals surface area contributed by atoms with Gasteiger partial charge >= 0.3 is 0 Å². The summed E-state index contributed by atoms with van der Waals surface area (Å²) < 4.78 is 0.923. The van der Waals surface area contributed by atoms with Crippen molar-refractivity contribution in [1.29, 1.82) is 0 Å². The third-order valence-corrected chi connectivity index (χ3v) is 4.01. The Kier molecular flexibility index (Phi) is 4.15. The van der Waals surface area contributed by atoms with Crippen LogP contribution in [0.2, 0.25) is 0 Å². The Bertz CT molecular complexity index is 627. The summed E-state index contributed by atoms with van der Waals surface area (Å²) in [7, 11) is 0. The summed E-state index contributed by atoms with van der Waals surface area (Å²) in [5, 5.41) is 0. The maximum absolute atomic E-state index is 12.5. The van der Waals surface area contributed by atoms with Gasteiger partial charge in [-0.15, -0.1) is 0 Å². The summed E-state index contributed by atoms with van der Waals surface area (Å²) in [6.07, 6.45) is 5.11. The van der Waals surface area contributed by atoms with Crippen LogP contribution in [0, 0.1) is 0 Å². The van der Waals surface area contributed by atoms with Crippen LogP contribution in [0.5, 0.6) is 0 Å². The monoisotopic (exact) mass is 346 g/mol. The number of piperazine rings is 1. The van der Waals surface area contributed by atoms with Crippen LogP contribution in [0.15, 0.2) is 47.3 Å². The lowest BCUT2D eigenvalue weighted by Crippen LogP contribution is -2.49. The molecule has 0 N–H and O–H groups in total. The summed E-state index contributed by atoms with van der Waals surface area (Å²) >= 11 is 3.40. The molecule has 0 radical (unpaired) electrons. The lowest BCUT2D eigenvalue weighted by Gasteiger charge is -2.35. The molecule has 0 atom stereocenters. The highest BCUT2D eigenvalue weighted by Gasteiger charge is 2.22. The molecule has 2 heterocycles. The predicted octanol–water partition coefficient (Wildman–Crippen LogP) is 2.20. The number of carbonyl (C=O) groups is 1. The quantitative estimate of drug-likeness (QED) is 0.836. The Morgan fingerprint density at radius 2 is 1.95 bits per heavy atom. The number of nitrogens with zero attached hydrogens (tertiary/aromatic N) is 4. The average Bonchev–Trinajstić information content (AvgIpc) is 2.55. The molecule has 2 aromatic rings. The Labute approximate surface area is 131 Å². The molecule has 5 nitrogen and oxygen atoms in total. The van der Waals surface area contributed by atoms with Crippen molar-refractivity contribution in [2.45, 2.75) is 0 Å². The zero-order valence-corrected chi connectivity index (χ0v) is 13.0. The fraction of sp³-hybridized carbons (Fsp3) is 0.267. The second-order valence-electron chi connectivity index (χ2n) is 4.85. The van der Waals surface area contributed by atoms with E-state index in [0.717, 1.165) is 28.9 Å². The van der Waals surface area contributed by atoms with E-state index in [1.54, 1.807) is 18.6 Å². The van der Waals surface area contributed by atoms with Gasteiger partial charge in [0.1, 0.15) is 5.82 Å². The largest absolute Gasteiger partial charge is 0.352 e. The summed E-state index contributed by atoms with van der Waals surface area (Å²) in [6, 6.07) is 7.51. The van der Waals surface area contributed by atoms with E-state index in [1.165, 1.54) is 0 Å². The van der Waals surface area contributed by atoms with Crippen LogP contribution in [0.4, 0.5) is 5.82 Å². The van der Waals surface area contributed by atoms with E-state index >= 15 is 0 Å². The smallest absolute Gasteiger partial charge is 0.254 e. The highest BCUT2D eigenvalue weighted by Crippen LogP contribution is 2.16. The summed E-state index contributed by atoms with van der Waals surface area (Å²) in [4.78, 5) is 24.9. The van der Waals surface area contributed by atoms with Crippen molar-refractivity contribution < 1.29 is 4.79 Å². The van der Waals surface area contributed by atoms with Crippen molar-refractivity contribution in [2.75, 3.05) is 31.1 Å². The molecule has 0 saturated carbocycles. The van der Waals surface area contributed by atoms with Crippen molar-refractivity contribution >= 4 is 27.7 Å². The lowest BCUT2D eigenvalue weighted by atomic mass is 10.2. The van der Waals surface area contributed by atoms with Crippen LogP contribution < -0.4 is 4.90 Å². The van der Waals surface area contributed by atoms with Gasteiger partial charge in [-0.3, -0.25) is 9.78 Å². The molecule has 1 fully saturated rings. The van der Waals surface area contributed by atoms with Gasteiger partial charge in [0.05, 0.1) is 6.20 Å². The Balaban J connectivity index is 1.64. The van der Waals surface area contributed by atoms with Gasteiger partial charge in [-0.2, -0.15) is 0 Å². The first-order valence-electron chi connectivity index (χ1n) is 6.80. The van der Waals surface area contributed by atoms with Gasteiger partial charge < -0.3 is 9.80 Å². The predicted molar refractivity (Wildman–Crippen MR) is 84.3 cm³/mol. The molecule has 6 heteroatoms. The van der Waals surface area contributed by atoms with Crippen molar-refractivity contribution in [3.05, 3.63) is 52.9 Å². The fourth-order valence-corrected chi connectivity index (χ4v) is 2.80. The van der Waals surface area contributed by atoms with E-state index in [9.17, 15) is 4.79 Å². The molecule has 1 aliphatic rings. The van der Waals surface area contributed by atoms with Crippen LogP contribution in [0.1, 0.15) is 10.4 Å². The number of rotatable bonds is 2. The van der Waals surface area contributed by atoms with E-state index < -0.39 is 0 Å². The molecular weight excluding hydrogens is 332 g/mol. The average molecular weight is 347 g/mol. The van der Waals surface area contributed by atoms with E-state index in [4.69, 9.17) is 0 Å². The maximum atomic E-state index is 12.5. The van der Waals surface area contributed by atoms with Crippen LogP contribution in [0.3, 0.4) is 0 Å². The van der Waals surface area contributed by atoms with E-state index in [1.807, 2.05) is 29.2 Å². The SMILES string of the molecule is O=C(c1cccc(Br)c1)N1CCN(c2cnccn2)CC1. The molecule has 0 bridgehead atoms. The van der Waals surface area contributed by atoms with Gasteiger partial charge in [0.2, 0.25) is 0 Å². The molecule has 0 aliphatic carbocycles. The van der Waals surface area contributed by atoms with Crippen LogP contribution >= 0.6 is 15.9 Å². The molecular formula is C15H15BrN4O. The number of amides is 1. The Morgan fingerprint density at radius 1 is 1.14 bits per heavy atom. The van der Waals surface area contributed by atoms with Crippen molar-refractivity contribution in [3.63, 3.8) is 0 Å². The second-order valence-corrected chi connectivity index (χ2v) is 5.77. The Morgan fingerprint density at radius 3 is 2.62 bits per heavy atom. The second kappa shape index (κ2) is 6.22. The molecule has 3 rings (SSSR count). The Hall–Kier alpha value is -1.95. The zero-order chi connectivity index (χ0) is 14.7. The summed E-state index contributed by atoms with van der Waals surface area (Å²) in [5.41, 5.74) is 0.720. The van der Waals surface area contributed by atoms with Crippen molar-refractivity contribution in [3.8, 4) is 0 Å². The minimum Gasteiger partial charge on any atom is -0.352 e. The topological polar surface area (TPSA) is 49.3 Å². The third-order valence-electron chi connectivity index (χ3n) is 3.51. The molecule has 21 heavy (non-hydrogen) atoms. The number of benzene rings is 1. The molecule has 0 spiro atoms. The van der Waals surface area contributed by atoms with Crippen LogP contribution in [-0.2, 0) is 0 Å². The van der Waals surface area contributed by atoms with Gasteiger partial charge in [0.15, 0.2) is 0 Å². The van der Waals surface area contributed by atoms with Gasteiger partial charge in [0, 0.05) is 48.6 Å².